The van der Waals surface area contributed by atoms with Crippen molar-refractivity contribution in [2.45, 2.75) is 17.0 Å². The highest BCUT2D eigenvalue weighted by molar-refractivity contribution is 7.89. The van der Waals surface area contributed by atoms with Gasteiger partial charge in [0.2, 0.25) is 10.0 Å². The van der Waals surface area contributed by atoms with Gasteiger partial charge in [-0.25, -0.2) is 27.7 Å². The predicted octanol–water partition coefficient (Wildman–Crippen LogP) is 0.714. The Morgan fingerprint density at radius 1 is 1.45 bits per heavy atom. The van der Waals surface area contributed by atoms with Gasteiger partial charge >= 0.3 is 0 Å². The van der Waals surface area contributed by atoms with Crippen LogP contribution in [0.4, 0.5) is 15.8 Å². The van der Waals surface area contributed by atoms with Crippen LogP contribution >= 0.6 is 0 Å². The van der Waals surface area contributed by atoms with Crippen molar-refractivity contribution in [3.8, 4) is 0 Å². The van der Waals surface area contributed by atoms with Crippen LogP contribution in [-0.4, -0.2) is 38.8 Å². The normalized spacial score (nSPS) is 22.3. The highest BCUT2D eigenvalue weighted by atomic mass is 32.2. The standard InChI is InChI=1S/C11H14FN3O6S/c12-11(3-4-20-21-7-11)6-14-9-2-1-8(22(13,18)19)5-10(9)15(16)17/h1-2,5,14H,3-4,6-7H2,(H2,13,18,19). The Morgan fingerprint density at radius 2 is 2.18 bits per heavy atom. The van der Waals surface area contributed by atoms with Gasteiger partial charge in [0, 0.05) is 12.5 Å². The number of hydrogen-bond acceptors (Lipinski definition) is 7. The lowest BCUT2D eigenvalue weighted by Gasteiger charge is -2.28. The van der Waals surface area contributed by atoms with Gasteiger partial charge < -0.3 is 5.32 Å². The van der Waals surface area contributed by atoms with Crippen molar-refractivity contribution in [1.29, 1.82) is 0 Å². The summed E-state index contributed by atoms with van der Waals surface area (Å²) < 4.78 is 36.7. The number of nitro groups is 1. The number of anilines is 1. The van der Waals surface area contributed by atoms with E-state index < -0.39 is 31.2 Å². The summed E-state index contributed by atoms with van der Waals surface area (Å²) in [5.41, 5.74) is -2.26. The fourth-order valence-electron chi connectivity index (χ4n) is 1.88. The molecule has 1 aliphatic rings. The molecular formula is C11H14FN3O6S. The van der Waals surface area contributed by atoms with E-state index in [4.69, 9.17) is 5.14 Å². The number of primary sulfonamides is 1. The summed E-state index contributed by atoms with van der Waals surface area (Å²) >= 11 is 0. The molecule has 9 nitrogen and oxygen atoms in total. The molecular weight excluding hydrogens is 321 g/mol. The van der Waals surface area contributed by atoms with Crippen LogP contribution in [-0.2, 0) is 19.8 Å². The minimum absolute atomic E-state index is 0.0130. The second kappa shape index (κ2) is 6.12. The van der Waals surface area contributed by atoms with Gasteiger partial charge in [-0.15, -0.1) is 0 Å². The fourth-order valence-corrected chi connectivity index (χ4v) is 2.42. The van der Waals surface area contributed by atoms with Crippen molar-refractivity contribution in [2.75, 3.05) is 25.1 Å². The summed E-state index contributed by atoms with van der Waals surface area (Å²) in [6.45, 7) is -0.473. The van der Waals surface area contributed by atoms with Crippen LogP contribution in [0.5, 0.6) is 0 Å². The number of nitrogens with one attached hydrogen (secondary N) is 1. The molecule has 0 aliphatic carbocycles. The number of benzene rings is 1. The third-order valence-corrected chi connectivity index (χ3v) is 4.04. The van der Waals surface area contributed by atoms with Crippen LogP contribution < -0.4 is 10.5 Å². The van der Waals surface area contributed by atoms with Gasteiger partial charge in [-0.3, -0.25) is 10.1 Å². The molecule has 1 atom stereocenters. The first-order valence-corrected chi connectivity index (χ1v) is 7.74. The summed E-state index contributed by atoms with van der Waals surface area (Å²) in [5, 5.41) is 18.5. The zero-order chi connectivity index (χ0) is 16.4. The Hall–Kier alpha value is -1.82. The third kappa shape index (κ3) is 3.88. The van der Waals surface area contributed by atoms with Gasteiger partial charge in [0.25, 0.3) is 5.69 Å². The second-order valence-electron chi connectivity index (χ2n) is 4.82. The predicted molar refractivity (Wildman–Crippen MR) is 73.3 cm³/mol. The highest BCUT2D eigenvalue weighted by Gasteiger charge is 2.34. The van der Waals surface area contributed by atoms with Gasteiger partial charge in [-0.2, -0.15) is 0 Å². The molecule has 3 N–H and O–H groups in total. The SMILES string of the molecule is NS(=O)(=O)c1ccc(NCC2(F)CCOOC2)c([N+](=O)[O-])c1. The number of sulfonamides is 1. The van der Waals surface area contributed by atoms with E-state index in [0.717, 1.165) is 12.1 Å². The van der Waals surface area contributed by atoms with E-state index in [2.05, 4.69) is 15.1 Å². The average Bonchev–Trinajstić information content (AvgIpc) is 2.44. The van der Waals surface area contributed by atoms with Crippen LogP contribution in [0.2, 0.25) is 0 Å². The van der Waals surface area contributed by atoms with Crippen molar-refractivity contribution < 1.29 is 27.5 Å². The largest absolute Gasteiger partial charge is 0.376 e. The first kappa shape index (κ1) is 16.5. The topological polar surface area (TPSA) is 134 Å². The molecule has 1 heterocycles. The molecule has 0 spiro atoms. The van der Waals surface area contributed by atoms with Crippen molar-refractivity contribution >= 4 is 21.4 Å². The van der Waals surface area contributed by atoms with Crippen molar-refractivity contribution in [3.63, 3.8) is 0 Å². The number of nitrogens with zero attached hydrogens (tertiary/aromatic N) is 1. The lowest BCUT2D eigenvalue weighted by atomic mass is 10.0. The fraction of sp³-hybridized carbons (Fsp3) is 0.455. The summed E-state index contributed by atoms with van der Waals surface area (Å²) in [6.07, 6.45) is 0.0725. The zero-order valence-corrected chi connectivity index (χ0v) is 12.1. The van der Waals surface area contributed by atoms with Gasteiger partial charge in [0.1, 0.15) is 12.3 Å². The molecule has 0 bridgehead atoms. The molecule has 0 saturated carbocycles. The van der Waals surface area contributed by atoms with Crippen molar-refractivity contribution in [1.82, 2.24) is 0 Å². The van der Waals surface area contributed by atoms with Crippen LogP contribution in [0.15, 0.2) is 23.1 Å². The van der Waals surface area contributed by atoms with E-state index in [9.17, 15) is 22.9 Å². The lowest BCUT2D eigenvalue weighted by molar-refractivity contribution is -0.384. The van der Waals surface area contributed by atoms with Gasteiger partial charge in [-0.1, -0.05) is 0 Å². The first-order chi connectivity index (χ1) is 10.2. The van der Waals surface area contributed by atoms with Gasteiger partial charge in [0.05, 0.1) is 23.0 Å². The molecule has 1 aliphatic heterocycles. The second-order valence-corrected chi connectivity index (χ2v) is 6.38. The average molecular weight is 335 g/mol. The number of nitro benzene ring substituents is 1. The van der Waals surface area contributed by atoms with Crippen molar-refractivity contribution in [3.05, 3.63) is 28.3 Å². The maximum absolute atomic E-state index is 14.3. The van der Waals surface area contributed by atoms with E-state index in [1.165, 1.54) is 6.07 Å². The summed E-state index contributed by atoms with van der Waals surface area (Å²) in [5.74, 6) is 0. The molecule has 0 amide bonds. The molecule has 0 aromatic heterocycles. The van der Waals surface area contributed by atoms with Crippen molar-refractivity contribution in [2.24, 2.45) is 5.14 Å². The van der Waals surface area contributed by atoms with E-state index >= 15 is 0 Å². The molecule has 1 saturated heterocycles. The molecule has 1 unspecified atom stereocenters. The van der Waals surface area contributed by atoms with Gasteiger partial charge in [-0.05, 0) is 12.1 Å². The van der Waals surface area contributed by atoms with Crippen LogP contribution in [0, 0.1) is 10.1 Å². The van der Waals surface area contributed by atoms with Crippen LogP contribution in [0.25, 0.3) is 0 Å². The summed E-state index contributed by atoms with van der Waals surface area (Å²) in [7, 11) is -4.07. The molecule has 11 heteroatoms. The maximum atomic E-state index is 14.3. The van der Waals surface area contributed by atoms with E-state index in [-0.39, 0.29) is 31.9 Å². The summed E-state index contributed by atoms with van der Waals surface area (Å²) in [6, 6.07) is 3.10. The smallest absolute Gasteiger partial charge is 0.293 e. The highest BCUT2D eigenvalue weighted by Crippen LogP contribution is 2.29. The molecule has 0 radical (unpaired) electrons. The van der Waals surface area contributed by atoms with Crippen LogP contribution in [0.1, 0.15) is 6.42 Å². The summed E-state index contributed by atoms with van der Waals surface area (Å²) in [4.78, 5) is 19.0. The molecule has 22 heavy (non-hydrogen) atoms. The van der Waals surface area contributed by atoms with Gasteiger partial charge in [0.15, 0.2) is 5.67 Å². The number of hydrogen-bond donors (Lipinski definition) is 2. The minimum Gasteiger partial charge on any atom is -0.376 e. The Bertz CT molecular complexity index is 674. The minimum atomic E-state index is -4.07. The zero-order valence-electron chi connectivity index (χ0n) is 11.3. The molecule has 1 aromatic rings. The maximum Gasteiger partial charge on any atom is 0.293 e. The van der Waals surface area contributed by atoms with E-state index in [1.807, 2.05) is 0 Å². The number of alkyl halides is 1. The molecule has 1 aromatic carbocycles. The van der Waals surface area contributed by atoms with E-state index in [0.29, 0.717) is 0 Å². The Labute approximate surface area is 125 Å². The number of rotatable bonds is 5. The lowest BCUT2D eigenvalue weighted by Crippen LogP contribution is -2.41. The third-order valence-electron chi connectivity index (χ3n) is 3.12. The monoisotopic (exact) mass is 335 g/mol. The Kier molecular flexibility index (Phi) is 4.60. The Morgan fingerprint density at radius 3 is 2.73 bits per heavy atom. The molecule has 122 valence electrons. The number of halogens is 1. The first-order valence-electron chi connectivity index (χ1n) is 6.20. The molecule has 2 rings (SSSR count). The number of nitrogens with two attached hydrogens (primary N) is 1. The Balaban J connectivity index is 2.21. The van der Waals surface area contributed by atoms with E-state index in [1.54, 1.807) is 0 Å². The van der Waals surface area contributed by atoms with Crippen LogP contribution in [0.3, 0.4) is 0 Å². The quantitative estimate of drug-likeness (QED) is 0.460. The molecule has 1 fully saturated rings.